The molecule has 1 amide bonds. The van der Waals surface area contributed by atoms with Crippen molar-refractivity contribution in [3.8, 4) is 5.75 Å². The van der Waals surface area contributed by atoms with Crippen LogP contribution in [0.4, 0.5) is 0 Å². The number of aromatic nitrogens is 2. The van der Waals surface area contributed by atoms with Gasteiger partial charge in [0.1, 0.15) is 5.75 Å². The van der Waals surface area contributed by atoms with E-state index in [0.29, 0.717) is 21.9 Å². The van der Waals surface area contributed by atoms with E-state index >= 15 is 0 Å². The number of carbonyl (C=O) groups excluding carboxylic acids is 1. The molecule has 0 spiro atoms. The van der Waals surface area contributed by atoms with E-state index in [9.17, 15) is 4.79 Å². The van der Waals surface area contributed by atoms with Crippen molar-refractivity contribution in [2.45, 2.75) is 24.8 Å². The van der Waals surface area contributed by atoms with E-state index in [2.05, 4.69) is 15.5 Å². The summed E-state index contributed by atoms with van der Waals surface area (Å²) in [4.78, 5) is 12.1. The van der Waals surface area contributed by atoms with E-state index in [1.54, 1.807) is 24.3 Å². The summed E-state index contributed by atoms with van der Waals surface area (Å²) in [5.41, 5.74) is 1.05. The van der Waals surface area contributed by atoms with Gasteiger partial charge in [0.2, 0.25) is 5.91 Å². The molecular formula is C19H18ClN3O3S. The predicted octanol–water partition coefficient (Wildman–Crippen LogP) is 4.27. The monoisotopic (exact) mass is 403 g/mol. The smallest absolute Gasteiger partial charge is 0.277 e. The fourth-order valence-corrected chi connectivity index (χ4v) is 2.98. The van der Waals surface area contributed by atoms with Gasteiger partial charge in [0.05, 0.1) is 11.8 Å². The van der Waals surface area contributed by atoms with Gasteiger partial charge in [-0.2, -0.15) is 0 Å². The summed E-state index contributed by atoms with van der Waals surface area (Å²) in [6.45, 7) is 2.09. The summed E-state index contributed by atoms with van der Waals surface area (Å²) in [5.74, 6) is 1.08. The van der Waals surface area contributed by atoms with Gasteiger partial charge in [-0.3, -0.25) is 4.79 Å². The molecule has 3 rings (SSSR count). The Morgan fingerprint density at radius 2 is 1.93 bits per heavy atom. The number of nitrogens with one attached hydrogen (secondary N) is 1. The molecule has 0 fully saturated rings. The van der Waals surface area contributed by atoms with Crippen molar-refractivity contribution >= 4 is 29.3 Å². The van der Waals surface area contributed by atoms with Gasteiger partial charge in [-0.1, -0.05) is 53.7 Å². The quantitative estimate of drug-likeness (QED) is 0.566. The van der Waals surface area contributed by atoms with Gasteiger partial charge in [-0.05, 0) is 36.8 Å². The molecule has 0 radical (unpaired) electrons. The highest BCUT2D eigenvalue weighted by Crippen LogP contribution is 2.19. The first-order valence-electron chi connectivity index (χ1n) is 8.28. The number of benzene rings is 2. The lowest BCUT2D eigenvalue weighted by Gasteiger charge is -2.13. The van der Waals surface area contributed by atoms with Crippen molar-refractivity contribution in [2.75, 3.05) is 5.75 Å². The van der Waals surface area contributed by atoms with E-state index in [1.165, 1.54) is 11.8 Å². The van der Waals surface area contributed by atoms with Crippen LogP contribution in [0.2, 0.25) is 5.02 Å². The lowest BCUT2D eigenvalue weighted by Crippen LogP contribution is -2.28. The van der Waals surface area contributed by atoms with E-state index in [4.69, 9.17) is 20.8 Å². The fourth-order valence-electron chi connectivity index (χ4n) is 2.27. The molecule has 1 heterocycles. The minimum atomic E-state index is -0.103. The SMILES string of the molecule is C[C@H](NC(=O)CSc1nnc(COc2ccc(Cl)cc2)o1)c1ccccc1. The molecule has 8 heteroatoms. The van der Waals surface area contributed by atoms with Crippen LogP contribution in [-0.2, 0) is 11.4 Å². The van der Waals surface area contributed by atoms with Gasteiger partial charge in [-0.15, -0.1) is 10.2 Å². The Kier molecular flexibility index (Phi) is 6.73. The maximum Gasteiger partial charge on any atom is 0.277 e. The standard InChI is InChI=1S/C19H18ClN3O3S/c1-13(14-5-3-2-4-6-14)21-17(24)12-27-19-23-22-18(26-19)11-25-16-9-7-15(20)8-10-16/h2-10,13H,11-12H2,1H3,(H,21,24)/t13-/m0/s1. The Hall–Kier alpha value is -2.51. The van der Waals surface area contributed by atoms with Crippen molar-refractivity contribution in [3.05, 3.63) is 71.1 Å². The highest BCUT2D eigenvalue weighted by molar-refractivity contribution is 7.99. The molecule has 0 saturated carbocycles. The van der Waals surface area contributed by atoms with Gasteiger partial charge in [0.15, 0.2) is 6.61 Å². The second kappa shape index (κ2) is 9.43. The number of hydrogen-bond acceptors (Lipinski definition) is 6. The third-order valence-corrected chi connectivity index (χ3v) is 4.70. The predicted molar refractivity (Wildman–Crippen MR) is 104 cm³/mol. The van der Waals surface area contributed by atoms with E-state index < -0.39 is 0 Å². The molecule has 2 aromatic carbocycles. The molecule has 1 atom stereocenters. The zero-order valence-corrected chi connectivity index (χ0v) is 16.2. The summed E-state index contributed by atoms with van der Waals surface area (Å²) in [6, 6.07) is 16.7. The number of amides is 1. The summed E-state index contributed by atoms with van der Waals surface area (Å²) < 4.78 is 11.0. The van der Waals surface area contributed by atoms with Gasteiger partial charge in [-0.25, -0.2) is 0 Å². The molecule has 0 aliphatic carbocycles. The molecule has 0 aliphatic rings. The van der Waals surface area contributed by atoms with Gasteiger partial charge in [0.25, 0.3) is 11.1 Å². The lowest BCUT2D eigenvalue weighted by molar-refractivity contribution is -0.119. The third-order valence-electron chi connectivity index (χ3n) is 3.63. The lowest BCUT2D eigenvalue weighted by atomic mass is 10.1. The number of hydrogen-bond donors (Lipinski definition) is 1. The Morgan fingerprint density at radius 3 is 2.67 bits per heavy atom. The van der Waals surface area contributed by atoms with Gasteiger partial charge in [0, 0.05) is 5.02 Å². The molecule has 140 valence electrons. The number of ether oxygens (including phenoxy) is 1. The largest absolute Gasteiger partial charge is 0.484 e. The summed E-state index contributed by atoms with van der Waals surface area (Å²) >= 11 is 7.01. The minimum Gasteiger partial charge on any atom is -0.484 e. The molecule has 6 nitrogen and oxygen atoms in total. The van der Waals surface area contributed by atoms with Gasteiger partial charge >= 0.3 is 0 Å². The van der Waals surface area contributed by atoms with Crippen LogP contribution in [0, 0.1) is 0 Å². The maximum atomic E-state index is 12.1. The Labute approximate surface area is 166 Å². The molecule has 1 N–H and O–H groups in total. The Morgan fingerprint density at radius 1 is 1.19 bits per heavy atom. The molecular weight excluding hydrogens is 386 g/mol. The van der Waals surface area contributed by atoms with Crippen molar-refractivity contribution in [3.63, 3.8) is 0 Å². The number of carbonyl (C=O) groups is 1. The first kappa shape index (κ1) is 19.3. The van der Waals surface area contributed by atoms with Crippen LogP contribution in [0.1, 0.15) is 24.4 Å². The second-order valence-electron chi connectivity index (χ2n) is 5.69. The zero-order chi connectivity index (χ0) is 19.1. The first-order valence-corrected chi connectivity index (χ1v) is 9.64. The minimum absolute atomic E-state index is 0.0645. The van der Waals surface area contributed by atoms with E-state index in [1.807, 2.05) is 37.3 Å². The number of thioether (sulfide) groups is 1. The van der Waals surface area contributed by atoms with Gasteiger partial charge < -0.3 is 14.5 Å². The van der Waals surface area contributed by atoms with Crippen molar-refractivity contribution in [1.82, 2.24) is 15.5 Å². The average molecular weight is 404 g/mol. The number of halogens is 1. The molecule has 27 heavy (non-hydrogen) atoms. The third kappa shape index (κ3) is 6.01. The Bertz CT molecular complexity index is 871. The van der Waals surface area contributed by atoms with Crippen molar-refractivity contribution < 1.29 is 13.9 Å². The number of rotatable bonds is 8. The van der Waals surface area contributed by atoms with Crippen LogP contribution >= 0.6 is 23.4 Å². The fraction of sp³-hybridized carbons (Fsp3) is 0.211. The average Bonchev–Trinajstić information content (AvgIpc) is 3.14. The van der Waals surface area contributed by atoms with Crippen LogP contribution in [0.3, 0.4) is 0 Å². The van der Waals surface area contributed by atoms with Crippen LogP contribution in [0.5, 0.6) is 5.75 Å². The van der Waals surface area contributed by atoms with Crippen LogP contribution in [0.15, 0.2) is 64.2 Å². The molecule has 0 aliphatic heterocycles. The second-order valence-corrected chi connectivity index (χ2v) is 7.06. The Balaban J connectivity index is 1.43. The molecule has 3 aromatic rings. The van der Waals surface area contributed by atoms with E-state index in [-0.39, 0.29) is 24.3 Å². The van der Waals surface area contributed by atoms with Crippen molar-refractivity contribution in [1.29, 1.82) is 0 Å². The van der Waals surface area contributed by atoms with Crippen LogP contribution in [0.25, 0.3) is 0 Å². The normalized spacial score (nSPS) is 11.8. The zero-order valence-electron chi connectivity index (χ0n) is 14.6. The summed E-state index contributed by atoms with van der Waals surface area (Å²) in [5, 5.41) is 11.7. The number of nitrogens with zero attached hydrogens (tertiary/aromatic N) is 2. The van der Waals surface area contributed by atoms with E-state index in [0.717, 1.165) is 5.56 Å². The first-order chi connectivity index (χ1) is 13.1. The highest BCUT2D eigenvalue weighted by Gasteiger charge is 2.13. The highest BCUT2D eigenvalue weighted by atomic mass is 35.5. The maximum absolute atomic E-state index is 12.1. The van der Waals surface area contributed by atoms with Crippen LogP contribution in [-0.4, -0.2) is 21.9 Å². The molecule has 0 saturated heterocycles. The topological polar surface area (TPSA) is 77.2 Å². The summed E-state index contributed by atoms with van der Waals surface area (Å²) in [6.07, 6.45) is 0. The molecule has 1 aromatic heterocycles. The van der Waals surface area contributed by atoms with Crippen molar-refractivity contribution in [2.24, 2.45) is 0 Å². The molecule has 0 unspecified atom stereocenters. The molecule has 0 bridgehead atoms. The van der Waals surface area contributed by atoms with Crippen LogP contribution < -0.4 is 10.1 Å². The summed E-state index contributed by atoms with van der Waals surface area (Å²) in [7, 11) is 0.